The molecule has 0 unspecified atom stereocenters. The highest BCUT2D eigenvalue weighted by Crippen LogP contribution is 2.29. The molecule has 1 aromatic heterocycles. The summed E-state index contributed by atoms with van der Waals surface area (Å²) in [4.78, 5) is 3.99. The van der Waals surface area contributed by atoms with E-state index >= 15 is 0 Å². The molecule has 0 saturated carbocycles. The van der Waals surface area contributed by atoms with Crippen molar-refractivity contribution in [3.63, 3.8) is 0 Å². The van der Waals surface area contributed by atoms with Crippen LogP contribution in [0.1, 0.15) is 11.1 Å². The molecular formula is C14H14Cl2N2O2. The quantitative estimate of drug-likeness (QED) is 0.837. The van der Waals surface area contributed by atoms with Crippen LogP contribution in [0.5, 0.6) is 11.5 Å². The molecule has 0 bridgehead atoms. The predicted molar refractivity (Wildman–Crippen MR) is 81.0 cm³/mol. The van der Waals surface area contributed by atoms with Crippen molar-refractivity contribution in [3.8, 4) is 11.5 Å². The number of hydrogen-bond acceptors (Lipinski definition) is 4. The molecule has 2 rings (SSSR count). The minimum Gasteiger partial charge on any atom is -0.504 e. The van der Waals surface area contributed by atoms with E-state index in [0.717, 1.165) is 16.8 Å². The summed E-state index contributed by atoms with van der Waals surface area (Å²) in [6.45, 7) is 2.40. The van der Waals surface area contributed by atoms with E-state index in [9.17, 15) is 5.11 Å². The first kappa shape index (κ1) is 14.8. The maximum atomic E-state index is 9.73. The molecule has 0 aliphatic heterocycles. The van der Waals surface area contributed by atoms with Crippen molar-refractivity contribution in [1.82, 2.24) is 4.98 Å². The molecule has 0 saturated heterocycles. The van der Waals surface area contributed by atoms with Crippen molar-refractivity contribution >= 4 is 28.9 Å². The largest absolute Gasteiger partial charge is 0.504 e. The van der Waals surface area contributed by atoms with Gasteiger partial charge in [0.05, 0.1) is 12.8 Å². The molecule has 2 aromatic rings. The second-order valence-corrected chi connectivity index (χ2v) is 5.03. The van der Waals surface area contributed by atoms with E-state index in [1.54, 1.807) is 18.2 Å². The second-order valence-electron chi connectivity index (χ2n) is 4.29. The Morgan fingerprint density at radius 2 is 2.05 bits per heavy atom. The van der Waals surface area contributed by atoms with Gasteiger partial charge in [0.25, 0.3) is 0 Å². The lowest BCUT2D eigenvalue weighted by atomic mass is 10.2. The number of halogens is 2. The van der Waals surface area contributed by atoms with Gasteiger partial charge in [-0.25, -0.2) is 4.98 Å². The van der Waals surface area contributed by atoms with Gasteiger partial charge in [0.1, 0.15) is 5.15 Å². The van der Waals surface area contributed by atoms with E-state index in [2.05, 4.69) is 10.3 Å². The highest BCUT2D eigenvalue weighted by Gasteiger charge is 2.08. The Hall–Kier alpha value is -1.65. The minimum atomic E-state index is 0.101. The van der Waals surface area contributed by atoms with Gasteiger partial charge in [0, 0.05) is 6.54 Å². The van der Waals surface area contributed by atoms with Gasteiger partial charge in [-0.3, -0.25) is 0 Å². The van der Waals surface area contributed by atoms with Crippen LogP contribution in [0, 0.1) is 6.92 Å². The number of benzene rings is 1. The Kier molecular flexibility index (Phi) is 4.57. The van der Waals surface area contributed by atoms with Crippen LogP contribution in [-0.2, 0) is 6.54 Å². The third kappa shape index (κ3) is 3.26. The van der Waals surface area contributed by atoms with Crippen LogP contribution in [0.4, 0.5) is 5.69 Å². The number of nitrogens with one attached hydrogen (secondary N) is 1. The zero-order valence-electron chi connectivity index (χ0n) is 11.1. The Bertz CT molecular complexity index is 610. The van der Waals surface area contributed by atoms with Crippen LogP contribution in [0.3, 0.4) is 0 Å². The Morgan fingerprint density at radius 1 is 1.30 bits per heavy atom. The molecule has 0 atom stereocenters. The Morgan fingerprint density at radius 3 is 2.65 bits per heavy atom. The molecule has 20 heavy (non-hydrogen) atoms. The first-order chi connectivity index (χ1) is 9.51. The Labute approximate surface area is 127 Å². The number of pyridine rings is 1. The normalized spacial score (nSPS) is 10.4. The number of phenols is 1. The van der Waals surface area contributed by atoms with Crippen molar-refractivity contribution in [2.75, 3.05) is 12.4 Å². The second kappa shape index (κ2) is 6.20. The number of nitrogens with zero attached hydrogens (tertiary/aromatic N) is 1. The number of phenolic OH excluding ortho intramolecular Hbond substituents is 1. The van der Waals surface area contributed by atoms with Crippen LogP contribution in [0.25, 0.3) is 0 Å². The molecule has 0 amide bonds. The average molecular weight is 313 g/mol. The van der Waals surface area contributed by atoms with Gasteiger partial charge in [-0.2, -0.15) is 0 Å². The standard InChI is InChI=1S/C14H14Cl2N2O2/c1-8-5-12(15)18-14(16)13(8)17-7-9-3-4-11(20-2)10(19)6-9/h3-6,17,19H,7H2,1-2H3. The smallest absolute Gasteiger partial charge is 0.160 e. The summed E-state index contributed by atoms with van der Waals surface area (Å²) in [5.41, 5.74) is 2.54. The molecule has 0 aliphatic carbocycles. The van der Waals surface area contributed by atoms with E-state index in [4.69, 9.17) is 27.9 Å². The zero-order chi connectivity index (χ0) is 14.7. The summed E-state index contributed by atoms with van der Waals surface area (Å²) in [6.07, 6.45) is 0. The van der Waals surface area contributed by atoms with Crippen molar-refractivity contribution in [2.45, 2.75) is 13.5 Å². The summed E-state index contributed by atoms with van der Waals surface area (Å²) in [7, 11) is 1.51. The van der Waals surface area contributed by atoms with Gasteiger partial charge in [-0.15, -0.1) is 0 Å². The van der Waals surface area contributed by atoms with Gasteiger partial charge in [0.15, 0.2) is 16.7 Å². The van der Waals surface area contributed by atoms with Gasteiger partial charge in [0.2, 0.25) is 0 Å². The summed E-state index contributed by atoms with van der Waals surface area (Å²) >= 11 is 11.9. The molecule has 2 N–H and O–H groups in total. The lowest BCUT2D eigenvalue weighted by molar-refractivity contribution is 0.373. The van der Waals surface area contributed by atoms with E-state index in [1.165, 1.54) is 7.11 Å². The average Bonchev–Trinajstić information content (AvgIpc) is 2.37. The monoisotopic (exact) mass is 312 g/mol. The number of ether oxygens (including phenoxy) is 1. The summed E-state index contributed by atoms with van der Waals surface area (Å²) in [5.74, 6) is 0.542. The molecular weight excluding hydrogens is 299 g/mol. The fraction of sp³-hybridized carbons (Fsp3) is 0.214. The first-order valence-corrected chi connectivity index (χ1v) is 6.69. The molecule has 0 fully saturated rings. The van der Waals surface area contributed by atoms with Crippen molar-refractivity contribution < 1.29 is 9.84 Å². The van der Waals surface area contributed by atoms with Gasteiger partial charge >= 0.3 is 0 Å². The van der Waals surface area contributed by atoms with Crippen molar-refractivity contribution in [1.29, 1.82) is 0 Å². The number of aromatic hydroxyl groups is 1. The van der Waals surface area contributed by atoms with Crippen molar-refractivity contribution in [3.05, 3.63) is 45.7 Å². The molecule has 0 radical (unpaired) electrons. The molecule has 106 valence electrons. The SMILES string of the molecule is COc1ccc(CNc2c(C)cc(Cl)nc2Cl)cc1O. The number of anilines is 1. The molecule has 4 nitrogen and oxygen atoms in total. The number of aryl methyl sites for hydroxylation is 1. The number of hydrogen-bond donors (Lipinski definition) is 2. The van der Waals surface area contributed by atoms with Crippen LogP contribution in [-0.4, -0.2) is 17.2 Å². The number of methoxy groups -OCH3 is 1. The van der Waals surface area contributed by atoms with E-state index in [1.807, 2.05) is 13.0 Å². The lowest BCUT2D eigenvalue weighted by Gasteiger charge is -2.12. The molecule has 1 heterocycles. The highest BCUT2D eigenvalue weighted by atomic mass is 35.5. The Balaban J connectivity index is 2.15. The fourth-order valence-electron chi connectivity index (χ4n) is 1.84. The number of rotatable bonds is 4. The van der Waals surface area contributed by atoms with Crippen LogP contribution < -0.4 is 10.1 Å². The highest BCUT2D eigenvalue weighted by molar-refractivity contribution is 6.34. The topological polar surface area (TPSA) is 54.4 Å². The van der Waals surface area contributed by atoms with Crippen LogP contribution in [0.2, 0.25) is 10.3 Å². The first-order valence-electron chi connectivity index (χ1n) is 5.93. The van der Waals surface area contributed by atoms with E-state index < -0.39 is 0 Å². The van der Waals surface area contributed by atoms with Crippen LogP contribution in [0.15, 0.2) is 24.3 Å². The zero-order valence-corrected chi connectivity index (χ0v) is 12.6. The van der Waals surface area contributed by atoms with Crippen LogP contribution >= 0.6 is 23.2 Å². The fourth-order valence-corrected chi connectivity index (χ4v) is 2.44. The minimum absolute atomic E-state index is 0.101. The molecule has 1 aromatic carbocycles. The van der Waals surface area contributed by atoms with E-state index in [-0.39, 0.29) is 5.75 Å². The number of aromatic nitrogens is 1. The molecule has 0 aliphatic rings. The molecule has 0 spiro atoms. The lowest BCUT2D eigenvalue weighted by Crippen LogP contribution is -2.03. The third-order valence-corrected chi connectivity index (χ3v) is 3.32. The third-order valence-electron chi connectivity index (χ3n) is 2.85. The van der Waals surface area contributed by atoms with Gasteiger partial charge in [-0.05, 0) is 36.2 Å². The maximum Gasteiger partial charge on any atom is 0.160 e. The summed E-state index contributed by atoms with van der Waals surface area (Å²) in [5, 5.41) is 13.6. The van der Waals surface area contributed by atoms with Gasteiger partial charge in [-0.1, -0.05) is 29.3 Å². The summed E-state index contributed by atoms with van der Waals surface area (Å²) < 4.78 is 5.00. The molecule has 6 heteroatoms. The van der Waals surface area contributed by atoms with E-state index in [0.29, 0.717) is 22.6 Å². The van der Waals surface area contributed by atoms with Gasteiger partial charge < -0.3 is 15.2 Å². The maximum absolute atomic E-state index is 9.73. The summed E-state index contributed by atoms with van der Waals surface area (Å²) in [6, 6.07) is 6.94. The predicted octanol–water partition coefficient (Wildman–Crippen LogP) is 4.02. The van der Waals surface area contributed by atoms with Crippen molar-refractivity contribution in [2.24, 2.45) is 0 Å².